The molecule has 10 heteroatoms. The number of carbonyl (C=O) groups excluding carboxylic acids is 1. The molecule has 2 N–H and O–H groups in total. The lowest BCUT2D eigenvalue weighted by Crippen LogP contribution is -2.26. The summed E-state index contributed by atoms with van der Waals surface area (Å²) >= 11 is 7.02. The van der Waals surface area contributed by atoms with Crippen LogP contribution in [-0.4, -0.2) is 40.7 Å². The number of halogens is 1. The van der Waals surface area contributed by atoms with E-state index in [9.17, 15) is 9.59 Å². The Kier molecular flexibility index (Phi) is 7.31. The molecule has 2 aromatic carbocycles. The normalized spacial score (nSPS) is 17.3. The van der Waals surface area contributed by atoms with Gasteiger partial charge in [0.25, 0.3) is 0 Å². The minimum absolute atomic E-state index is 0.260. The highest BCUT2D eigenvalue weighted by Crippen LogP contribution is 2.29. The van der Waals surface area contributed by atoms with Gasteiger partial charge in [-0.15, -0.1) is 5.10 Å². The number of carboxylic acids is 1. The molecular formula is C20H18ClN3O5S. The Morgan fingerprint density at radius 1 is 1.30 bits per heavy atom. The molecule has 1 fully saturated rings. The summed E-state index contributed by atoms with van der Waals surface area (Å²) in [4.78, 5) is 22.4. The van der Waals surface area contributed by atoms with Gasteiger partial charge in [0.1, 0.15) is 11.9 Å². The fourth-order valence-electron chi connectivity index (χ4n) is 2.56. The molecule has 2 aromatic rings. The number of hydrogen-bond acceptors (Lipinski definition) is 7. The standard InChI is InChI=1S/C20H18ClN3O5S/c1-28-16-8-12(5-6-15(16)29-11-13-3-2-4-14(21)7-13)10-22-24-20-23-19(27)17(30-20)9-18(25)26/h2-8,10,17H,9,11H2,1H3,(H,25,26)(H,23,24,27)/b22-10-/t17-/m0/s1. The molecule has 0 bridgehead atoms. The molecule has 3 rings (SSSR count). The maximum Gasteiger partial charge on any atom is 0.305 e. The third-order valence-electron chi connectivity index (χ3n) is 3.96. The molecule has 1 aliphatic rings. The quantitative estimate of drug-likeness (QED) is 0.474. The van der Waals surface area contributed by atoms with Crippen molar-refractivity contribution in [2.24, 2.45) is 10.2 Å². The lowest BCUT2D eigenvalue weighted by atomic mass is 10.2. The smallest absolute Gasteiger partial charge is 0.305 e. The van der Waals surface area contributed by atoms with Gasteiger partial charge in [0.15, 0.2) is 16.7 Å². The first-order chi connectivity index (χ1) is 14.4. The van der Waals surface area contributed by atoms with Crippen molar-refractivity contribution in [3.63, 3.8) is 0 Å². The van der Waals surface area contributed by atoms with Crippen molar-refractivity contribution in [3.05, 3.63) is 58.6 Å². The van der Waals surface area contributed by atoms with E-state index in [1.807, 2.05) is 18.2 Å². The predicted molar refractivity (Wildman–Crippen MR) is 116 cm³/mol. The van der Waals surface area contributed by atoms with E-state index >= 15 is 0 Å². The molecule has 1 aliphatic heterocycles. The summed E-state index contributed by atoms with van der Waals surface area (Å²) in [6, 6.07) is 12.7. The largest absolute Gasteiger partial charge is 0.493 e. The van der Waals surface area contributed by atoms with E-state index in [4.69, 9.17) is 26.2 Å². The van der Waals surface area contributed by atoms with Crippen LogP contribution in [0.4, 0.5) is 0 Å². The summed E-state index contributed by atoms with van der Waals surface area (Å²) in [5.41, 5.74) is 1.64. The number of nitrogens with zero attached hydrogens (tertiary/aromatic N) is 2. The van der Waals surface area contributed by atoms with Crippen LogP contribution in [0.1, 0.15) is 17.5 Å². The molecule has 1 heterocycles. The van der Waals surface area contributed by atoms with Crippen molar-refractivity contribution in [3.8, 4) is 11.5 Å². The summed E-state index contributed by atoms with van der Waals surface area (Å²) in [6.45, 7) is 0.340. The summed E-state index contributed by atoms with van der Waals surface area (Å²) in [5.74, 6) is -0.342. The van der Waals surface area contributed by atoms with Crippen LogP contribution in [0.2, 0.25) is 5.02 Å². The van der Waals surface area contributed by atoms with Gasteiger partial charge in [-0.2, -0.15) is 5.10 Å². The molecule has 0 saturated carbocycles. The lowest BCUT2D eigenvalue weighted by molar-refractivity contribution is -0.138. The Morgan fingerprint density at radius 3 is 2.87 bits per heavy atom. The molecule has 1 amide bonds. The van der Waals surface area contributed by atoms with Crippen molar-refractivity contribution in [1.29, 1.82) is 0 Å². The van der Waals surface area contributed by atoms with Crippen molar-refractivity contribution < 1.29 is 24.2 Å². The molecule has 0 unspecified atom stereocenters. The van der Waals surface area contributed by atoms with E-state index in [1.54, 1.807) is 24.3 Å². The number of amides is 1. The molecule has 0 aliphatic carbocycles. The van der Waals surface area contributed by atoms with Gasteiger partial charge in [-0.1, -0.05) is 35.5 Å². The average molecular weight is 448 g/mol. The number of methoxy groups -OCH3 is 1. The van der Waals surface area contributed by atoms with E-state index in [2.05, 4.69) is 15.5 Å². The Bertz CT molecular complexity index is 1010. The van der Waals surface area contributed by atoms with Crippen LogP contribution in [0.3, 0.4) is 0 Å². The zero-order valence-corrected chi connectivity index (χ0v) is 17.4. The number of carbonyl (C=O) groups is 2. The summed E-state index contributed by atoms with van der Waals surface area (Å²) in [5, 5.41) is 19.4. The van der Waals surface area contributed by atoms with Crippen molar-refractivity contribution in [2.75, 3.05) is 7.11 Å². The van der Waals surface area contributed by atoms with E-state index in [1.165, 1.54) is 13.3 Å². The SMILES string of the molecule is COc1cc(/C=N\N=C2\NC(=O)[C@H](CC(=O)O)S2)ccc1OCc1cccc(Cl)c1. The van der Waals surface area contributed by atoms with Crippen LogP contribution < -0.4 is 14.8 Å². The first kappa shape index (κ1) is 21.7. The molecular weight excluding hydrogens is 430 g/mol. The van der Waals surface area contributed by atoms with Crippen molar-refractivity contribution >= 4 is 46.6 Å². The minimum atomic E-state index is -1.04. The number of hydrogen-bond donors (Lipinski definition) is 2. The molecule has 8 nitrogen and oxygen atoms in total. The molecule has 0 aromatic heterocycles. The molecule has 156 valence electrons. The number of thioether (sulfide) groups is 1. The van der Waals surface area contributed by atoms with E-state index in [-0.39, 0.29) is 17.5 Å². The fourth-order valence-corrected chi connectivity index (χ4v) is 3.69. The highest BCUT2D eigenvalue weighted by Gasteiger charge is 2.32. The van der Waals surface area contributed by atoms with Gasteiger partial charge in [-0.3, -0.25) is 9.59 Å². The van der Waals surface area contributed by atoms with E-state index in [0.29, 0.717) is 28.7 Å². The fraction of sp³-hybridized carbons (Fsp3) is 0.200. The summed E-state index contributed by atoms with van der Waals surface area (Å²) < 4.78 is 11.2. The Morgan fingerprint density at radius 2 is 2.13 bits per heavy atom. The lowest BCUT2D eigenvalue weighted by Gasteiger charge is -2.11. The van der Waals surface area contributed by atoms with Crippen LogP contribution in [0, 0.1) is 0 Å². The number of nitrogens with one attached hydrogen (secondary N) is 1. The number of aliphatic carboxylic acids is 1. The predicted octanol–water partition coefficient (Wildman–Crippen LogP) is 3.32. The Labute approximate surface area is 181 Å². The number of carboxylic acid groups (broad SMARTS) is 1. The van der Waals surface area contributed by atoms with Crippen LogP contribution in [0.25, 0.3) is 0 Å². The third-order valence-corrected chi connectivity index (χ3v) is 5.27. The summed E-state index contributed by atoms with van der Waals surface area (Å²) in [7, 11) is 1.54. The molecule has 0 radical (unpaired) electrons. The minimum Gasteiger partial charge on any atom is -0.493 e. The maximum atomic E-state index is 11.7. The number of rotatable bonds is 8. The average Bonchev–Trinajstić information content (AvgIpc) is 3.05. The number of ether oxygens (including phenoxy) is 2. The van der Waals surface area contributed by atoms with Crippen molar-refractivity contribution in [2.45, 2.75) is 18.3 Å². The first-order valence-electron chi connectivity index (χ1n) is 8.80. The van der Waals surface area contributed by atoms with Crippen LogP contribution in [0.5, 0.6) is 11.5 Å². The number of benzene rings is 2. The maximum absolute atomic E-state index is 11.7. The second kappa shape index (κ2) is 10.1. The van der Waals surface area contributed by atoms with E-state index < -0.39 is 11.2 Å². The monoisotopic (exact) mass is 447 g/mol. The van der Waals surface area contributed by atoms with E-state index in [0.717, 1.165) is 17.3 Å². The molecule has 1 atom stereocenters. The van der Waals surface area contributed by atoms with Gasteiger partial charge in [0.2, 0.25) is 5.91 Å². The first-order valence-corrected chi connectivity index (χ1v) is 10.1. The zero-order valence-electron chi connectivity index (χ0n) is 15.9. The second-order valence-corrected chi connectivity index (χ2v) is 7.80. The highest BCUT2D eigenvalue weighted by atomic mass is 35.5. The second-order valence-electron chi connectivity index (χ2n) is 6.17. The molecule has 1 saturated heterocycles. The Balaban J connectivity index is 1.63. The van der Waals surface area contributed by atoms with Gasteiger partial charge in [-0.05, 0) is 41.5 Å². The summed E-state index contributed by atoms with van der Waals surface area (Å²) in [6.07, 6.45) is 1.22. The highest BCUT2D eigenvalue weighted by molar-refractivity contribution is 8.15. The number of amidine groups is 1. The molecule has 0 spiro atoms. The van der Waals surface area contributed by atoms with Gasteiger partial charge in [-0.25, -0.2) is 0 Å². The van der Waals surface area contributed by atoms with Gasteiger partial charge >= 0.3 is 5.97 Å². The van der Waals surface area contributed by atoms with Crippen LogP contribution >= 0.6 is 23.4 Å². The Hall–Kier alpha value is -3.04. The van der Waals surface area contributed by atoms with Crippen molar-refractivity contribution in [1.82, 2.24) is 5.32 Å². The topological polar surface area (TPSA) is 110 Å². The van der Waals surface area contributed by atoms with Gasteiger partial charge in [0.05, 0.1) is 19.7 Å². The van der Waals surface area contributed by atoms with Gasteiger partial charge in [0, 0.05) is 5.02 Å². The zero-order chi connectivity index (χ0) is 21.5. The van der Waals surface area contributed by atoms with Crippen LogP contribution in [-0.2, 0) is 16.2 Å². The van der Waals surface area contributed by atoms with Gasteiger partial charge < -0.3 is 19.9 Å². The third kappa shape index (κ3) is 5.98. The van der Waals surface area contributed by atoms with Crippen LogP contribution in [0.15, 0.2) is 52.7 Å². The molecule has 30 heavy (non-hydrogen) atoms.